The highest BCUT2D eigenvalue weighted by Crippen LogP contribution is 2.32. The summed E-state index contributed by atoms with van der Waals surface area (Å²) in [6, 6.07) is 11.1. The van der Waals surface area contributed by atoms with Crippen LogP contribution in [0.4, 0.5) is 5.13 Å². The van der Waals surface area contributed by atoms with Crippen LogP contribution in [0.5, 0.6) is 0 Å². The topological polar surface area (TPSA) is 70.6 Å². The molecule has 3 aromatic rings. The lowest BCUT2D eigenvalue weighted by Crippen LogP contribution is -2.48. The lowest BCUT2D eigenvalue weighted by molar-refractivity contribution is -0.131. The maximum atomic E-state index is 12.6. The molecule has 0 spiro atoms. The van der Waals surface area contributed by atoms with Crippen molar-refractivity contribution >= 4 is 42.4 Å². The molecule has 0 unspecified atom stereocenters. The van der Waals surface area contributed by atoms with Crippen LogP contribution in [-0.4, -0.2) is 56.1 Å². The first kappa shape index (κ1) is 22.7. The number of hydrogen-bond acceptors (Lipinski definition) is 6. The third-order valence-corrected chi connectivity index (χ3v) is 9.06. The van der Waals surface area contributed by atoms with Crippen LogP contribution in [0.15, 0.2) is 41.3 Å². The molecule has 1 amide bonds. The third kappa shape index (κ3) is 4.81. The molecule has 1 aliphatic rings. The van der Waals surface area contributed by atoms with Gasteiger partial charge in [0.1, 0.15) is 0 Å². The fraction of sp³-hybridized carbons (Fsp3) is 0.417. The molecule has 0 N–H and O–H groups in total. The van der Waals surface area contributed by atoms with Crippen LogP contribution in [0.3, 0.4) is 0 Å². The smallest absolute Gasteiger partial charge is 0.222 e. The predicted molar refractivity (Wildman–Crippen MR) is 130 cm³/mol. The molecule has 1 aromatic heterocycles. The quantitative estimate of drug-likeness (QED) is 0.541. The number of carbonyl (C=O) groups is 1. The molecule has 1 aliphatic heterocycles. The molecule has 2 aromatic carbocycles. The van der Waals surface area contributed by atoms with Gasteiger partial charge in [0.15, 0.2) is 15.0 Å². The molecule has 0 aliphatic carbocycles. The van der Waals surface area contributed by atoms with Crippen LogP contribution in [0, 0.1) is 20.8 Å². The highest BCUT2D eigenvalue weighted by atomic mass is 32.2. The van der Waals surface area contributed by atoms with Gasteiger partial charge in [0.25, 0.3) is 0 Å². The number of nitrogens with zero attached hydrogens (tertiary/aromatic N) is 3. The van der Waals surface area contributed by atoms with Gasteiger partial charge in [0.2, 0.25) is 5.91 Å². The minimum Gasteiger partial charge on any atom is -0.345 e. The van der Waals surface area contributed by atoms with E-state index in [2.05, 4.69) is 30.9 Å². The van der Waals surface area contributed by atoms with E-state index < -0.39 is 9.84 Å². The molecule has 1 saturated heterocycles. The van der Waals surface area contributed by atoms with Crippen molar-refractivity contribution < 1.29 is 13.2 Å². The average molecular weight is 472 g/mol. The Kier molecular flexibility index (Phi) is 6.53. The highest BCUT2D eigenvalue weighted by molar-refractivity contribution is 7.91. The Morgan fingerprint density at radius 3 is 2.38 bits per heavy atom. The van der Waals surface area contributed by atoms with Gasteiger partial charge in [-0.3, -0.25) is 4.79 Å². The van der Waals surface area contributed by atoms with Crippen LogP contribution >= 0.6 is 11.3 Å². The summed E-state index contributed by atoms with van der Waals surface area (Å²) >= 11 is 1.70. The number of rotatable bonds is 6. The summed E-state index contributed by atoms with van der Waals surface area (Å²) in [5, 5.41) is 1.00. The summed E-state index contributed by atoms with van der Waals surface area (Å²) in [7, 11) is -3.35. The molecule has 1 fully saturated rings. The molecule has 0 bridgehead atoms. The van der Waals surface area contributed by atoms with E-state index in [-0.39, 0.29) is 18.1 Å². The number of carbonyl (C=O) groups excluding carboxylic acids is 1. The van der Waals surface area contributed by atoms with E-state index in [0.29, 0.717) is 24.4 Å². The van der Waals surface area contributed by atoms with E-state index in [1.807, 2.05) is 11.8 Å². The van der Waals surface area contributed by atoms with Crippen molar-refractivity contribution in [2.24, 2.45) is 0 Å². The van der Waals surface area contributed by atoms with Crippen molar-refractivity contribution in [1.29, 1.82) is 0 Å². The number of anilines is 1. The summed E-state index contributed by atoms with van der Waals surface area (Å²) in [5.74, 6) is 0.0196. The van der Waals surface area contributed by atoms with Crippen LogP contribution in [0.1, 0.15) is 29.5 Å². The number of benzene rings is 2. The Morgan fingerprint density at radius 1 is 1.00 bits per heavy atom. The first-order valence-corrected chi connectivity index (χ1v) is 13.4. The monoisotopic (exact) mass is 471 g/mol. The number of sulfone groups is 1. The zero-order valence-electron chi connectivity index (χ0n) is 18.8. The zero-order valence-corrected chi connectivity index (χ0v) is 20.4. The summed E-state index contributed by atoms with van der Waals surface area (Å²) in [6.45, 7) is 8.89. The van der Waals surface area contributed by atoms with Crippen molar-refractivity contribution in [3.8, 4) is 0 Å². The second-order valence-electron chi connectivity index (χ2n) is 8.45. The van der Waals surface area contributed by atoms with Gasteiger partial charge >= 0.3 is 0 Å². The van der Waals surface area contributed by atoms with Gasteiger partial charge in [0, 0.05) is 32.6 Å². The fourth-order valence-corrected chi connectivity index (χ4v) is 6.32. The highest BCUT2D eigenvalue weighted by Gasteiger charge is 2.24. The first-order valence-electron chi connectivity index (χ1n) is 10.9. The van der Waals surface area contributed by atoms with Gasteiger partial charge in [-0.2, -0.15) is 0 Å². The molecular formula is C24H29N3O3S2. The lowest BCUT2D eigenvalue weighted by atomic mass is 10.1. The first-order chi connectivity index (χ1) is 15.2. The third-order valence-electron chi connectivity index (χ3n) is 6.16. The Labute approximate surface area is 193 Å². The molecule has 6 nitrogen and oxygen atoms in total. The number of fused-ring (bicyclic) bond motifs is 1. The van der Waals surface area contributed by atoms with Crippen molar-refractivity contribution in [1.82, 2.24) is 9.88 Å². The van der Waals surface area contributed by atoms with E-state index >= 15 is 0 Å². The molecule has 8 heteroatoms. The summed E-state index contributed by atoms with van der Waals surface area (Å²) in [4.78, 5) is 21.9. The Balaban J connectivity index is 1.29. The van der Waals surface area contributed by atoms with Crippen LogP contribution in [0.2, 0.25) is 0 Å². The molecule has 0 saturated carbocycles. The van der Waals surface area contributed by atoms with Crippen LogP contribution in [-0.2, 0) is 14.6 Å². The fourth-order valence-electron chi connectivity index (χ4n) is 3.93. The normalized spacial score (nSPS) is 14.8. The van der Waals surface area contributed by atoms with E-state index in [1.165, 1.54) is 15.8 Å². The average Bonchev–Trinajstić information content (AvgIpc) is 3.22. The Hall–Kier alpha value is -2.45. The molecule has 2 heterocycles. The van der Waals surface area contributed by atoms with Crippen molar-refractivity contribution in [3.63, 3.8) is 0 Å². The maximum Gasteiger partial charge on any atom is 0.222 e. The number of hydrogen-bond donors (Lipinski definition) is 0. The van der Waals surface area contributed by atoms with E-state index in [0.717, 1.165) is 29.3 Å². The zero-order chi connectivity index (χ0) is 22.9. The van der Waals surface area contributed by atoms with E-state index in [9.17, 15) is 13.2 Å². The second kappa shape index (κ2) is 9.19. The van der Waals surface area contributed by atoms with E-state index in [1.54, 1.807) is 35.6 Å². The maximum absolute atomic E-state index is 12.6. The molecule has 4 rings (SSSR count). The molecule has 170 valence electrons. The summed E-state index contributed by atoms with van der Waals surface area (Å²) in [5.41, 5.74) is 4.56. The van der Waals surface area contributed by atoms with Crippen molar-refractivity contribution in [2.75, 3.05) is 36.8 Å². The Bertz CT molecular complexity index is 1230. The minimum absolute atomic E-state index is 0.00770. The second-order valence-corrected chi connectivity index (χ2v) is 11.6. The number of thiazole rings is 1. The molecule has 32 heavy (non-hydrogen) atoms. The van der Waals surface area contributed by atoms with Gasteiger partial charge in [0.05, 0.1) is 20.9 Å². The van der Waals surface area contributed by atoms with Crippen molar-refractivity contribution in [3.05, 3.63) is 53.1 Å². The van der Waals surface area contributed by atoms with Crippen molar-refractivity contribution in [2.45, 2.75) is 38.5 Å². The Morgan fingerprint density at radius 2 is 1.69 bits per heavy atom. The predicted octanol–water partition coefficient (Wildman–Crippen LogP) is 4.12. The largest absolute Gasteiger partial charge is 0.345 e. The number of aromatic nitrogens is 1. The van der Waals surface area contributed by atoms with Gasteiger partial charge in [-0.25, -0.2) is 13.4 Å². The van der Waals surface area contributed by atoms with Gasteiger partial charge in [-0.1, -0.05) is 35.1 Å². The van der Waals surface area contributed by atoms with Gasteiger partial charge in [-0.05, 0) is 56.5 Å². The number of piperazine rings is 1. The summed E-state index contributed by atoms with van der Waals surface area (Å²) in [6.07, 6.45) is 0.594. The molecule has 0 radical (unpaired) electrons. The standard InChI is InChI=1S/C24H29N3O3S2/c1-17-6-9-20(10-7-17)32(29,30)16-4-5-22(28)26-12-14-27(15-13-26)24-25-23-19(3)18(2)8-11-21(23)31-24/h6-11H,4-5,12-16H2,1-3H3. The minimum atomic E-state index is -3.35. The van der Waals surface area contributed by atoms with E-state index in [4.69, 9.17) is 4.98 Å². The number of aryl methyl sites for hydroxylation is 3. The van der Waals surface area contributed by atoms with Gasteiger partial charge in [-0.15, -0.1) is 0 Å². The number of amides is 1. The summed E-state index contributed by atoms with van der Waals surface area (Å²) < 4.78 is 26.2. The lowest BCUT2D eigenvalue weighted by Gasteiger charge is -2.34. The van der Waals surface area contributed by atoms with Crippen LogP contribution < -0.4 is 4.90 Å². The SMILES string of the molecule is Cc1ccc(S(=O)(=O)CCCC(=O)N2CCN(c3nc4c(C)c(C)ccc4s3)CC2)cc1. The molecular weight excluding hydrogens is 442 g/mol. The van der Waals surface area contributed by atoms with Gasteiger partial charge < -0.3 is 9.80 Å². The van der Waals surface area contributed by atoms with Crippen LogP contribution in [0.25, 0.3) is 10.2 Å². The molecule has 0 atom stereocenters.